The maximum absolute atomic E-state index is 5.99. The Morgan fingerprint density at radius 2 is 2.15 bits per heavy atom. The SMILES string of the molecule is CC1(C)CN(c2nc3c(cc2CN)CCCC3)CCS1. The summed E-state index contributed by atoms with van der Waals surface area (Å²) in [6.45, 7) is 7.40. The Hall–Kier alpha value is -0.740. The number of aryl methyl sites for hydroxylation is 2. The van der Waals surface area contributed by atoms with Crippen molar-refractivity contribution in [3.05, 3.63) is 22.9 Å². The molecule has 1 aliphatic carbocycles. The summed E-state index contributed by atoms with van der Waals surface area (Å²) < 4.78 is 0.307. The second kappa shape index (κ2) is 5.57. The van der Waals surface area contributed by atoms with Crippen LogP contribution in [0, 0.1) is 0 Å². The highest BCUT2D eigenvalue weighted by Gasteiger charge is 2.29. The van der Waals surface area contributed by atoms with Crippen molar-refractivity contribution >= 4 is 17.6 Å². The van der Waals surface area contributed by atoms with Crippen LogP contribution in [0.3, 0.4) is 0 Å². The van der Waals surface area contributed by atoms with E-state index in [1.165, 1.54) is 41.8 Å². The number of thioether (sulfide) groups is 1. The third-order valence-corrected chi connectivity index (χ3v) is 5.60. The lowest BCUT2D eigenvalue weighted by atomic mass is 9.94. The maximum Gasteiger partial charge on any atom is 0.133 e. The van der Waals surface area contributed by atoms with Crippen molar-refractivity contribution in [1.82, 2.24) is 4.98 Å². The molecule has 0 unspecified atom stereocenters. The molecule has 110 valence electrons. The van der Waals surface area contributed by atoms with Crippen LogP contribution < -0.4 is 10.6 Å². The number of fused-ring (bicyclic) bond motifs is 1. The lowest BCUT2D eigenvalue weighted by Gasteiger charge is -2.39. The number of aromatic nitrogens is 1. The van der Waals surface area contributed by atoms with E-state index in [0.29, 0.717) is 11.3 Å². The minimum Gasteiger partial charge on any atom is -0.354 e. The molecule has 3 rings (SSSR count). The van der Waals surface area contributed by atoms with E-state index in [1.807, 2.05) is 0 Å². The first-order valence-electron chi connectivity index (χ1n) is 7.70. The zero-order valence-electron chi connectivity index (χ0n) is 12.6. The molecule has 0 saturated carbocycles. The average Bonchev–Trinajstić information content (AvgIpc) is 2.44. The standard InChI is InChI=1S/C16H25N3S/c1-16(2)11-19(7-8-20-16)15-13(10-17)9-12-5-3-4-6-14(12)18-15/h9H,3-8,10-11,17H2,1-2H3. The minimum absolute atomic E-state index is 0.307. The van der Waals surface area contributed by atoms with Crippen molar-refractivity contribution in [2.24, 2.45) is 5.73 Å². The first-order valence-corrected chi connectivity index (χ1v) is 8.68. The average molecular weight is 291 g/mol. The smallest absolute Gasteiger partial charge is 0.133 e. The summed E-state index contributed by atoms with van der Waals surface area (Å²) >= 11 is 2.06. The predicted octanol–water partition coefficient (Wildman–Crippen LogP) is 2.75. The predicted molar refractivity (Wildman–Crippen MR) is 87.5 cm³/mol. The minimum atomic E-state index is 0.307. The lowest BCUT2D eigenvalue weighted by Crippen LogP contribution is -2.44. The molecule has 1 aromatic heterocycles. The number of pyridine rings is 1. The fraction of sp³-hybridized carbons (Fsp3) is 0.688. The normalized spacial score (nSPS) is 21.6. The molecule has 0 radical (unpaired) electrons. The fourth-order valence-corrected chi connectivity index (χ4v) is 4.40. The van der Waals surface area contributed by atoms with Crippen LogP contribution in [0.5, 0.6) is 0 Å². The van der Waals surface area contributed by atoms with Gasteiger partial charge in [0.15, 0.2) is 0 Å². The number of anilines is 1. The Morgan fingerprint density at radius 1 is 1.35 bits per heavy atom. The van der Waals surface area contributed by atoms with Gasteiger partial charge in [0.25, 0.3) is 0 Å². The molecular formula is C16H25N3S. The van der Waals surface area contributed by atoms with Gasteiger partial charge in [-0.05, 0) is 51.2 Å². The van der Waals surface area contributed by atoms with Gasteiger partial charge in [0.05, 0.1) is 0 Å². The second-order valence-corrected chi connectivity index (χ2v) is 8.32. The number of rotatable bonds is 2. The van der Waals surface area contributed by atoms with Gasteiger partial charge in [-0.3, -0.25) is 0 Å². The molecule has 2 N–H and O–H groups in total. The van der Waals surface area contributed by atoms with Crippen LogP contribution in [0.25, 0.3) is 0 Å². The number of hydrogen-bond donors (Lipinski definition) is 1. The highest BCUT2D eigenvalue weighted by molar-refractivity contribution is 8.00. The quantitative estimate of drug-likeness (QED) is 0.910. The van der Waals surface area contributed by atoms with Gasteiger partial charge in [0.1, 0.15) is 5.82 Å². The van der Waals surface area contributed by atoms with Gasteiger partial charge in [-0.2, -0.15) is 11.8 Å². The summed E-state index contributed by atoms with van der Waals surface area (Å²) in [5, 5.41) is 0. The third-order valence-electron chi connectivity index (χ3n) is 4.30. The van der Waals surface area contributed by atoms with Crippen molar-refractivity contribution in [2.45, 2.75) is 50.8 Å². The van der Waals surface area contributed by atoms with Crippen molar-refractivity contribution in [3.8, 4) is 0 Å². The summed E-state index contributed by atoms with van der Waals surface area (Å²) in [5.41, 5.74) is 9.97. The van der Waals surface area contributed by atoms with Crippen LogP contribution in [0.4, 0.5) is 5.82 Å². The number of nitrogens with two attached hydrogens (primary N) is 1. The fourth-order valence-electron chi connectivity index (χ4n) is 3.29. The summed E-state index contributed by atoms with van der Waals surface area (Å²) in [4.78, 5) is 7.46. The largest absolute Gasteiger partial charge is 0.354 e. The van der Waals surface area contributed by atoms with E-state index in [4.69, 9.17) is 10.7 Å². The first kappa shape index (κ1) is 14.2. The van der Waals surface area contributed by atoms with Crippen LogP contribution in [0.1, 0.15) is 43.5 Å². The number of nitrogens with zero attached hydrogens (tertiary/aromatic N) is 2. The third kappa shape index (κ3) is 2.82. The van der Waals surface area contributed by atoms with E-state index in [9.17, 15) is 0 Å². The molecule has 0 atom stereocenters. The van der Waals surface area contributed by atoms with Crippen molar-refractivity contribution in [1.29, 1.82) is 0 Å². The molecule has 0 bridgehead atoms. The van der Waals surface area contributed by atoms with E-state index < -0.39 is 0 Å². The van der Waals surface area contributed by atoms with Gasteiger partial charge in [0, 0.05) is 41.4 Å². The Morgan fingerprint density at radius 3 is 2.90 bits per heavy atom. The Balaban J connectivity index is 1.95. The molecule has 0 amide bonds. The summed E-state index contributed by atoms with van der Waals surface area (Å²) in [5.74, 6) is 2.33. The van der Waals surface area contributed by atoms with E-state index in [1.54, 1.807) is 0 Å². The molecule has 1 saturated heterocycles. The molecule has 2 aliphatic rings. The zero-order valence-corrected chi connectivity index (χ0v) is 13.4. The molecule has 1 fully saturated rings. The van der Waals surface area contributed by atoms with Crippen LogP contribution >= 0.6 is 11.8 Å². The van der Waals surface area contributed by atoms with Gasteiger partial charge in [-0.15, -0.1) is 0 Å². The Bertz CT molecular complexity index is 499. The first-order chi connectivity index (χ1) is 9.59. The maximum atomic E-state index is 5.99. The van der Waals surface area contributed by atoms with Crippen LogP contribution in [-0.4, -0.2) is 28.6 Å². The number of hydrogen-bond acceptors (Lipinski definition) is 4. The zero-order chi connectivity index (χ0) is 14.2. The van der Waals surface area contributed by atoms with Crippen molar-refractivity contribution in [2.75, 3.05) is 23.7 Å². The van der Waals surface area contributed by atoms with E-state index >= 15 is 0 Å². The monoisotopic (exact) mass is 291 g/mol. The summed E-state index contributed by atoms with van der Waals surface area (Å²) in [7, 11) is 0. The molecule has 1 aromatic rings. The van der Waals surface area contributed by atoms with Gasteiger partial charge in [-0.25, -0.2) is 4.98 Å². The van der Waals surface area contributed by atoms with Crippen molar-refractivity contribution < 1.29 is 0 Å². The Labute approximate surface area is 126 Å². The van der Waals surface area contributed by atoms with E-state index in [0.717, 1.165) is 25.3 Å². The molecule has 1 aliphatic heterocycles. The summed E-state index contributed by atoms with van der Waals surface area (Å²) in [6.07, 6.45) is 4.89. The lowest BCUT2D eigenvalue weighted by molar-refractivity contribution is 0.628. The highest BCUT2D eigenvalue weighted by atomic mass is 32.2. The Kier molecular flexibility index (Phi) is 3.95. The van der Waals surface area contributed by atoms with E-state index in [-0.39, 0.29) is 0 Å². The van der Waals surface area contributed by atoms with Crippen LogP contribution in [-0.2, 0) is 19.4 Å². The van der Waals surface area contributed by atoms with Crippen LogP contribution in [0.15, 0.2) is 6.07 Å². The molecule has 4 heteroatoms. The van der Waals surface area contributed by atoms with Crippen molar-refractivity contribution in [3.63, 3.8) is 0 Å². The molecule has 0 spiro atoms. The topological polar surface area (TPSA) is 42.2 Å². The molecule has 20 heavy (non-hydrogen) atoms. The molecule has 3 nitrogen and oxygen atoms in total. The second-order valence-electron chi connectivity index (χ2n) is 6.52. The highest BCUT2D eigenvalue weighted by Crippen LogP contribution is 2.34. The molecular weight excluding hydrogens is 266 g/mol. The summed E-state index contributed by atoms with van der Waals surface area (Å²) in [6, 6.07) is 2.32. The molecule has 2 heterocycles. The van der Waals surface area contributed by atoms with E-state index in [2.05, 4.69) is 36.6 Å². The van der Waals surface area contributed by atoms with Gasteiger partial charge >= 0.3 is 0 Å². The van der Waals surface area contributed by atoms with Gasteiger partial charge in [0.2, 0.25) is 0 Å². The van der Waals surface area contributed by atoms with Crippen LogP contribution in [0.2, 0.25) is 0 Å². The van der Waals surface area contributed by atoms with Gasteiger partial charge < -0.3 is 10.6 Å². The molecule has 0 aromatic carbocycles. The van der Waals surface area contributed by atoms with Gasteiger partial charge in [-0.1, -0.05) is 0 Å².